The SMILES string of the molecule is Cc1nc(C)c(C(C)Nc2cccc(C(=O)O)c2)s1. The third-order valence-electron chi connectivity index (χ3n) is 2.83. The molecule has 1 unspecified atom stereocenters. The first-order valence-electron chi connectivity index (χ1n) is 6.01. The number of hydrogen-bond donors (Lipinski definition) is 2. The third-order valence-corrected chi connectivity index (χ3v) is 4.08. The van der Waals surface area contributed by atoms with Crippen LogP contribution in [0.5, 0.6) is 0 Å². The van der Waals surface area contributed by atoms with Crippen molar-refractivity contribution in [2.24, 2.45) is 0 Å². The van der Waals surface area contributed by atoms with Crippen molar-refractivity contribution in [2.45, 2.75) is 26.8 Å². The van der Waals surface area contributed by atoms with Crippen molar-refractivity contribution in [1.29, 1.82) is 0 Å². The molecule has 2 aromatic rings. The second kappa shape index (κ2) is 5.40. The Morgan fingerprint density at radius 1 is 1.42 bits per heavy atom. The summed E-state index contributed by atoms with van der Waals surface area (Å²) >= 11 is 1.66. The van der Waals surface area contributed by atoms with E-state index in [1.54, 1.807) is 29.5 Å². The highest BCUT2D eigenvalue weighted by Crippen LogP contribution is 2.27. The summed E-state index contributed by atoms with van der Waals surface area (Å²) in [5, 5.41) is 13.3. The van der Waals surface area contributed by atoms with Crippen molar-refractivity contribution in [2.75, 3.05) is 5.32 Å². The highest BCUT2D eigenvalue weighted by atomic mass is 32.1. The molecule has 0 fully saturated rings. The standard InChI is InChI=1S/C14H16N2O2S/c1-8-13(19-10(3)15-8)9(2)16-12-6-4-5-11(7-12)14(17)18/h4-7,9,16H,1-3H3,(H,17,18). The van der Waals surface area contributed by atoms with Gasteiger partial charge in [-0.1, -0.05) is 6.07 Å². The van der Waals surface area contributed by atoms with Crippen molar-refractivity contribution >= 4 is 23.0 Å². The first-order valence-corrected chi connectivity index (χ1v) is 6.83. The molecular weight excluding hydrogens is 260 g/mol. The maximum Gasteiger partial charge on any atom is 0.335 e. The predicted octanol–water partition coefficient (Wildman–Crippen LogP) is 3.63. The first kappa shape index (κ1) is 13.5. The molecule has 0 aliphatic heterocycles. The number of thiazole rings is 1. The van der Waals surface area contributed by atoms with Crippen LogP contribution in [0.1, 0.15) is 38.9 Å². The van der Waals surface area contributed by atoms with Gasteiger partial charge < -0.3 is 10.4 Å². The quantitative estimate of drug-likeness (QED) is 0.895. The molecule has 0 amide bonds. The minimum absolute atomic E-state index is 0.107. The molecule has 0 aliphatic rings. The minimum Gasteiger partial charge on any atom is -0.478 e. The predicted molar refractivity (Wildman–Crippen MR) is 77.0 cm³/mol. The summed E-state index contributed by atoms with van der Waals surface area (Å²) < 4.78 is 0. The van der Waals surface area contributed by atoms with Gasteiger partial charge in [-0.05, 0) is 39.0 Å². The molecule has 0 bridgehead atoms. The van der Waals surface area contributed by atoms with Crippen molar-refractivity contribution < 1.29 is 9.90 Å². The van der Waals surface area contributed by atoms with E-state index >= 15 is 0 Å². The van der Waals surface area contributed by atoms with Crippen LogP contribution in [0.4, 0.5) is 5.69 Å². The van der Waals surface area contributed by atoms with Crippen LogP contribution in [0.3, 0.4) is 0 Å². The van der Waals surface area contributed by atoms with Gasteiger partial charge in [0.2, 0.25) is 0 Å². The molecule has 2 N–H and O–H groups in total. The molecule has 19 heavy (non-hydrogen) atoms. The molecule has 1 atom stereocenters. The molecule has 2 rings (SSSR count). The van der Waals surface area contributed by atoms with Crippen LogP contribution in [0.2, 0.25) is 0 Å². The number of carbonyl (C=O) groups is 1. The molecule has 1 aromatic carbocycles. The van der Waals surface area contributed by atoms with E-state index in [1.807, 2.05) is 26.8 Å². The van der Waals surface area contributed by atoms with Crippen LogP contribution < -0.4 is 5.32 Å². The largest absolute Gasteiger partial charge is 0.478 e. The molecule has 4 nitrogen and oxygen atoms in total. The number of rotatable bonds is 4. The van der Waals surface area contributed by atoms with Crippen LogP contribution >= 0.6 is 11.3 Å². The van der Waals surface area contributed by atoms with Gasteiger partial charge in [0.25, 0.3) is 0 Å². The fraction of sp³-hybridized carbons (Fsp3) is 0.286. The van der Waals surface area contributed by atoms with Crippen molar-refractivity contribution in [3.63, 3.8) is 0 Å². The third kappa shape index (κ3) is 3.12. The van der Waals surface area contributed by atoms with E-state index < -0.39 is 5.97 Å². The Kier molecular flexibility index (Phi) is 3.85. The Bertz CT molecular complexity index is 607. The van der Waals surface area contributed by atoms with Crippen LogP contribution in [0, 0.1) is 13.8 Å². The molecule has 100 valence electrons. The van der Waals surface area contributed by atoms with Gasteiger partial charge in [0.05, 0.1) is 22.3 Å². The maximum absolute atomic E-state index is 10.9. The number of nitrogens with zero attached hydrogens (tertiary/aromatic N) is 1. The number of benzene rings is 1. The Morgan fingerprint density at radius 2 is 2.16 bits per heavy atom. The van der Waals surface area contributed by atoms with Crippen LogP contribution in [-0.2, 0) is 0 Å². The summed E-state index contributed by atoms with van der Waals surface area (Å²) in [5.74, 6) is -0.916. The normalized spacial score (nSPS) is 12.2. The van der Waals surface area contributed by atoms with Gasteiger partial charge in [-0.25, -0.2) is 9.78 Å². The lowest BCUT2D eigenvalue weighted by Gasteiger charge is -2.14. The lowest BCUT2D eigenvalue weighted by molar-refractivity contribution is 0.0697. The second-order valence-electron chi connectivity index (χ2n) is 4.43. The number of aromatic carboxylic acids is 1. The van der Waals surface area contributed by atoms with Crippen molar-refractivity contribution in [1.82, 2.24) is 4.98 Å². The van der Waals surface area contributed by atoms with E-state index in [1.165, 1.54) is 4.88 Å². The number of anilines is 1. The lowest BCUT2D eigenvalue weighted by Crippen LogP contribution is -2.07. The number of aromatic nitrogens is 1. The van der Waals surface area contributed by atoms with Crippen LogP contribution in [-0.4, -0.2) is 16.1 Å². The second-order valence-corrected chi connectivity index (χ2v) is 5.67. The monoisotopic (exact) mass is 276 g/mol. The molecule has 0 spiro atoms. The molecule has 5 heteroatoms. The Morgan fingerprint density at radius 3 is 2.74 bits per heavy atom. The zero-order chi connectivity index (χ0) is 14.0. The van der Waals surface area contributed by atoms with E-state index in [4.69, 9.17) is 5.11 Å². The van der Waals surface area contributed by atoms with E-state index in [2.05, 4.69) is 10.3 Å². The average molecular weight is 276 g/mol. The summed E-state index contributed by atoms with van der Waals surface area (Å²) in [6.45, 7) is 6.02. The lowest BCUT2D eigenvalue weighted by atomic mass is 10.1. The smallest absolute Gasteiger partial charge is 0.335 e. The number of hydrogen-bond acceptors (Lipinski definition) is 4. The van der Waals surface area contributed by atoms with Gasteiger partial charge in [-0.3, -0.25) is 0 Å². The van der Waals surface area contributed by atoms with E-state index in [-0.39, 0.29) is 11.6 Å². The Labute approximate surface area is 116 Å². The average Bonchev–Trinajstić information content (AvgIpc) is 2.69. The van der Waals surface area contributed by atoms with E-state index in [0.29, 0.717) is 0 Å². The van der Waals surface area contributed by atoms with Gasteiger partial charge >= 0.3 is 5.97 Å². The fourth-order valence-electron chi connectivity index (χ4n) is 2.01. The summed E-state index contributed by atoms with van der Waals surface area (Å²) in [4.78, 5) is 16.5. The molecule has 0 aliphatic carbocycles. The van der Waals surface area contributed by atoms with E-state index in [9.17, 15) is 4.79 Å². The molecule has 0 radical (unpaired) electrons. The number of carboxylic acids is 1. The Balaban J connectivity index is 2.19. The van der Waals surface area contributed by atoms with Gasteiger partial charge in [0, 0.05) is 10.6 Å². The summed E-state index contributed by atoms with van der Waals surface area (Å²) in [7, 11) is 0. The molecule has 1 heterocycles. The maximum atomic E-state index is 10.9. The minimum atomic E-state index is -0.916. The highest BCUT2D eigenvalue weighted by molar-refractivity contribution is 7.11. The topological polar surface area (TPSA) is 62.2 Å². The van der Waals surface area contributed by atoms with Crippen molar-refractivity contribution in [3.8, 4) is 0 Å². The molecule has 1 aromatic heterocycles. The summed E-state index contributed by atoms with van der Waals surface area (Å²) in [5.41, 5.74) is 2.11. The summed E-state index contributed by atoms with van der Waals surface area (Å²) in [6, 6.07) is 6.94. The van der Waals surface area contributed by atoms with Gasteiger partial charge in [-0.15, -0.1) is 11.3 Å². The number of carboxylic acid groups (broad SMARTS) is 1. The molecule has 0 saturated heterocycles. The first-order chi connectivity index (χ1) is 8.97. The zero-order valence-electron chi connectivity index (χ0n) is 11.1. The van der Waals surface area contributed by atoms with Crippen molar-refractivity contribution in [3.05, 3.63) is 45.4 Å². The van der Waals surface area contributed by atoms with Gasteiger partial charge in [-0.2, -0.15) is 0 Å². The fourth-order valence-corrected chi connectivity index (χ4v) is 2.94. The number of nitrogens with one attached hydrogen (secondary N) is 1. The summed E-state index contributed by atoms with van der Waals surface area (Å²) in [6.07, 6.45) is 0. The van der Waals surface area contributed by atoms with Crippen LogP contribution in [0.25, 0.3) is 0 Å². The molecular formula is C14H16N2O2S. The van der Waals surface area contributed by atoms with Gasteiger partial charge in [0.1, 0.15) is 0 Å². The Hall–Kier alpha value is -1.88. The van der Waals surface area contributed by atoms with Crippen LogP contribution in [0.15, 0.2) is 24.3 Å². The van der Waals surface area contributed by atoms with Gasteiger partial charge in [0.15, 0.2) is 0 Å². The zero-order valence-corrected chi connectivity index (χ0v) is 11.9. The highest BCUT2D eigenvalue weighted by Gasteiger charge is 2.13. The van der Waals surface area contributed by atoms with E-state index in [0.717, 1.165) is 16.4 Å². The number of aryl methyl sites for hydroxylation is 2. The molecule has 0 saturated carbocycles.